The first-order valence-corrected chi connectivity index (χ1v) is 8.38. The lowest BCUT2D eigenvalue weighted by molar-refractivity contribution is -0.141. The monoisotopic (exact) mass is 357 g/mol. The zero-order valence-corrected chi connectivity index (χ0v) is 15.8. The molecule has 1 unspecified atom stereocenters. The molecule has 0 radical (unpaired) electrons. The van der Waals surface area contributed by atoms with Crippen LogP contribution in [0.1, 0.15) is 52.9 Å². The van der Waals surface area contributed by atoms with Crippen molar-refractivity contribution in [3.05, 3.63) is 39.5 Å². The predicted molar refractivity (Wildman–Crippen MR) is 94.8 cm³/mol. The van der Waals surface area contributed by atoms with Gasteiger partial charge in [-0.1, -0.05) is 18.6 Å². The third-order valence-corrected chi connectivity index (χ3v) is 4.89. The Balaban J connectivity index is 2.44. The second-order valence-corrected chi connectivity index (χ2v) is 6.39. The van der Waals surface area contributed by atoms with Gasteiger partial charge < -0.3 is 14.2 Å². The van der Waals surface area contributed by atoms with Gasteiger partial charge in [-0.05, 0) is 31.7 Å². The molecule has 6 heteroatoms. The summed E-state index contributed by atoms with van der Waals surface area (Å²) in [5.41, 5.74) is 3.84. The van der Waals surface area contributed by atoms with E-state index < -0.39 is 5.97 Å². The molecule has 2 rings (SSSR count). The van der Waals surface area contributed by atoms with Gasteiger partial charge in [0.05, 0.1) is 31.8 Å². The van der Waals surface area contributed by atoms with Crippen LogP contribution < -0.4 is 4.74 Å². The van der Waals surface area contributed by atoms with Gasteiger partial charge in [-0.3, -0.25) is 4.79 Å². The van der Waals surface area contributed by atoms with Crippen LogP contribution in [0.3, 0.4) is 0 Å². The molecule has 0 aromatic heterocycles. The van der Waals surface area contributed by atoms with E-state index in [0.29, 0.717) is 34.4 Å². The van der Waals surface area contributed by atoms with Crippen LogP contribution in [0.2, 0.25) is 0 Å². The van der Waals surface area contributed by atoms with Gasteiger partial charge in [0.1, 0.15) is 18.4 Å². The number of methoxy groups -OCH3 is 2. The second-order valence-electron chi connectivity index (χ2n) is 6.39. The van der Waals surface area contributed by atoms with Crippen molar-refractivity contribution in [3.63, 3.8) is 0 Å². The lowest BCUT2D eigenvalue weighted by Crippen LogP contribution is -2.09. The summed E-state index contributed by atoms with van der Waals surface area (Å²) in [6, 6.07) is 2.14. The Morgan fingerprint density at radius 2 is 2.12 bits per heavy atom. The topological polar surface area (TPSA) is 85.6 Å². The third kappa shape index (κ3) is 3.57. The Morgan fingerprint density at radius 1 is 1.42 bits per heavy atom. The largest absolute Gasteiger partial charge is 0.496 e. The lowest BCUT2D eigenvalue weighted by Gasteiger charge is -2.16. The second kappa shape index (κ2) is 8.05. The predicted octanol–water partition coefficient (Wildman–Crippen LogP) is 3.23. The van der Waals surface area contributed by atoms with Crippen molar-refractivity contribution in [2.45, 2.75) is 40.2 Å². The number of benzene rings is 1. The van der Waals surface area contributed by atoms with E-state index >= 15 is 0 Å². The average molecular weight is 357 g/mol. The number of cyclic esters (lactones) is 1. The highest BCUT2D eigenvalue weighted by Gasteiger charge is 2.31. The van der Waals surface area contributed by atoms with Crippen LogP contribution >= 0.6 is 0 Å². The number of carbonyl (C=O) groups excluding carboxylic acids is 2. The van der Waals surface area contributed by atoms with Crippen LogP contribution in [0.5, 0.6) is 5.75 Å². The molecule has 0 bridgehead atoms. The summed E-state index contributed by atoms with van der Waals surface area (Å²) in [6.45, 7) is 5.90. The fourth-order valence-electron chi connectivity index (χ4n) is 3.13. The van der Waals surface area contributed by atoms with Crippen molar-refractivity contribution >= 4 is 11.9 Å². The van der Waals surface area contributed by atoms with E-state index in [1.807, 2.05) is 26.8 Å². The van der Waals surface area contributed by atoms with E-state index in [-0.39, 0.29) is 24.9 Å². The van der Waals surface area contributed by atoms with Gasteiger partial charge >= 0.3 is 11.9 Å². The van der Waals surface area contributed by atoms with Crippen LogP contribution in [0, 0.1) is 24.2 Å². The van der Waals surface area contributed by atoms with Crippen molar-refractivity contribution < 1.29 is 23.8 Å². The maximum atomic E-state index is 12.1. The van der Waals surface area contributed by atoms with Gasteiger partial charge in [0.25, 0.3) is 0 Å². The minimum Gasteiger partial charge on any atom is -0.496 e. The highest BCUT2D eigenvalue weighted by Crippen LogP contribution is 2.38. The van der Waals surface area contributed by atoms with Crippen LogP contribution in [-0.4, -0.2) is 26.2 Å². The van der Waals surface area contributed by atoms with Gasteiger partial charge in [0.2, 0.25) is 0 Å². The van der Waals surface area contributed by atoms with Gasteiger partial charge in [0, 0.05) is 11.1 Å². The zero-order valence-electron chi connectivity index (χ0n) is 15.8. The molecule has 1 atom stereocenters. The molecule has 0 spiro atoms. The smallest absolute Gasteiger partial charge is 0.340 e. The van der Waals surface area contributed by atoms with E-state index in [1.165, 1.54) is 7.11 Å². The number of esters is 2. The Bertz CT molecular complexity index is 817. The standard InChI is InChI=1S/C20H23NO5/c1-11(12(2)8-17(22)24-4)6-7-14-15(9-21)18-16(10-26-20(18)23)13(3)19(14)25-5/h6,12H,7-8,10H2,1-5H3. The molecule has 1 aliphatic heterocycles. The summed E-state index contributed by atoms with van der Waals surface area (Å²) >= 11 is 0. The van der Waals surface area contributed by atoms with E-state index in [2.05, 4.69) is 6.07 Å². The molecule has 0 saturated carbocycles. The summed E-state index contributed by atoms with van der Waals surface area (Å²) in [5, 5.41) is 9.64. The Kier molecular flexibility index (Phi) is 6.04. The van der Waals surface area contributed by atoms with Crippen LogP contribution in [0.15, 0.2) is 11.6 Å². The zero-order chi connectivity index (χ0) is 19.4. The Hall–Kier alpha value is -2.81. The quantitative estimate of drug-likeness (QED) is 0.574. The summed E-state index contributed by atoms with van der Waals surface area (Å²) in [7, 11) is 2.91. The summed E-state index contributed by atoms with van der Waals surface area (Å²) < 4.78 is 15.3. The van der Waals surface area contributed by atoms with E-state index in [9.17, 15) is 14.9 Å². The number of carbonyl (C=O) groups is 2. The number of allylic oxidation sites excluding steroid dienone is 2. The summed E-state index contributed by atoms with van der Waals surface area (Å²) in [6.07, 6.45) is 2.67. The Labute approximate surface area is 153 Å². The van der Waals surface area contributed by atoms with E-state index in [0.717, 1.165) is 11.1 Å². The highest BCUT2D eigenvalue weighted by atomic mass is 16.5. The van der Waals surface area contributed by atoms with Crippen molar-refractivity contribution in [2.75, 3.05) is 14.2 Å². The molecule has 0 amide bonds. The lowest BCUT2D eigenvalue weighted by atomic mass is 9.89. The number of rotatable bonds is 6. The number of hydrogen-bond acceptors (Lipinski definition) is 6. The molecule has 0 N–H and O–H groups in total. The first kappa shape index (κ1) is 19.5. The van der Waals surface area contributed by atoms with Crippen molar-refractivity contribution in [2.24, 2.45) is 5.92 Å². The van der Waals surface area contributed by atoms with E-state index in [4.69, 9.17) is 14.2 Å². The first-order chi connectivity index (χ1) is 12.3. The number of nitrogens with zero attached hydrogens (tertiary/aromatic N) is 1. The molecule has 0 fully saturated rings. The number of fused-ring (bicyclic) bond motifs is 1. The molecule has 1 heterocycles. The van der Waals surface area contributed by atoms with E-state index in [1.54, 1.807) is 7.11 Å². The minimum atomic E-state index is -0.469. The van der Waals surface area contributed by atoms with Crippen LogP contribution in [0.25, 0.3) is 0 Å². The summed E-state index contributed by atoms with van der Waals surface area (Å²) in [5.74, 6) is -0.122. The third-order valence-electron chi connectivity index (χ3n) is 4.89. The van der Waals surface area contributed by atoms with Crippen molar-refractivity contribution in [1.82, 2.24) is 0 Å². The molecule has 138 valence electrons. The van der Waals surface area contributed by atoms with Crippen LogP contribution in [0.4, 0.5) is 0 Å². The number of nitriles is 1. The molecule has 6 nitrogen and oxygen atoms in total. The highest BCUT2D eigenvalue weighted by molar-refractivity contribution is 5.97. The maximum absolute atomic E-state index is 12.1. The minimum absolute atomic E-state index is 0.0134. The van der Waals surface area contributed by atoms with Gasteiger partial charge in [-0.15, -0.1) is 0 Å². The fourth-order valence-corrected chi connectivity index (χ4v) is 3.13. The first-order valence-electron chi connectivity index (χ1n) is 8.38. The Morgan fingerprint density at radius 3 is 2.69 bits per heavy atom. The van der Waals surface area contributed by atoms with Crippen LogP contribution in [-0.2, 0) is 27.3 Å². The summed E-state index contributed by atoms with van der Waals surface area (Å²) in [4.78, 5) is 23.5. The van der Waals surface area contributed by atoms with Crippen molar-refractivity contribution in [3.8, 4) is 11.8 Å². The number of hydrogen-bond donors (Lipinski definition) is 0. The van der Waals surface area contributed by atoms with Gasteiger partial charge in [-0.2, -0.15) is 5.26 Å². The molecular weight excluding hydrogens is 334 g/mol. The molecule has 1 aromatic carbocycles. The van der Waals surface area contributed by atoms with Gasteiger partial charge in [0.15, 0.2) is 0 Å². The molecule has 0 aliphatic carbocycles. The molecule has 26 heavy (non-hydrogen) atoms. The molecule has 1 aliphatic rings. The molecule has 0 saturated heterocycles. The normalized spacial score (nSPS) is 14.3. The van der Waals surface area contributed by atoms with Crippen molar-refractivity contribution in [1.29, 1.82) is 5.26 Å². The molecule has 1 aromatic rings. The number of ether oxygens (including phenoxy) is 3. The maximum Gasteiger partial charge on any atom is 0.340 e. The van der Waals surface area contributed by atoms with Gasteiger partial charge in [-0.25, -0.2) is 4.79 Å². The molecular formula is C20H23NO5. The fraction of sp³-hybridized carbons (Fsp3) is 0.450. The average Bonchev–Trinajstić information content (AvgIpc) is 3.01. The SMILES string of the molecule is COC(=O)CC(C)C(C)=CCc1c(C#N)c2c(c(C)c1OC)COC2=O.